The second-order valence-electron chi connectivity index (χ2n) is 4.25. The lowest BCUT2D eigenvalue weighted by molar-refractivity contribution is 0.283. The summed E-state index contributed by atoms with van der Waals surface area (Å²) >= 11 is 7.56. The number of nitrogens with zero attached hydrogens (tertiary/aromatic N) is 4. The third kappa shape index (κ3) is 3.13. The summed E-state index contributed by atoms with van der Waals surface area (Å²) in [6.45, 7) is 2.38. The highest BCUT2D eigenvalue weighted by Crippen LogP contribution is 2.20. The van der Waals surface area contributed by atoms with Gasteiger partial charge in [0, 0.05) is 18.0 Å². The highest BCUT2D eigenvalue weighted by atomic mass is 35.5. The number of halogens is 1. The minimum Gasteiger partial charge on any atom is -0.458 e. The van der Waals surface area contributed by atoms with Gasteiger partial charge in [0.05, 0.1) is 0 Å². The van der Waals surface area contributed by atoms with E-state index >= 15 is 0 Å². The van der Waals surface area contributed by atoms with Gasteiger partial charge in [-0.2, -0.15) is 15.0 Å². The molecule has 0 spiro atoms. The Morgan fingerprint density at radius 2 is 2.11 bits per heavy atom. The fourth-order valence-corrected chi connectivity index (χ4v) is 2.74. The van der Waals surface area contributed by atoms with Crippen LogP contribution in [0.25, 0.3) is 0 Å². The average Bonchev–Trinajstić information content (AvgIpc) is 3.09. The van der Waals surface area contributed by atoms with Crippen molar-refractivity contribution in [2.45, 2.75) is 19.4 Å². The molecule has 0 bridgehead atoms. The molecule has 19 heavy (non-hydrogen) atoms. The number of aromatic nitrogens is 3. The van der Waals surface area contributed by atoms with Crippen LogP contribution in [-0.4, -0.2) is 28.0 Å². The maximum Gasteiger partial charge on any atom is 0.322 e. The van der Waals surface area contributed by atoms with Crippen molar-refractivity contribution in [3.8, 4) is 6.01 Å². The molecule has 7 heteroatoms. The Labute approximate surface area is 120 Å². The topological polar surface area (TPSA) is 51.1 Å². The molecular weight excluding hydrogens is 284 g/mol. The van der Waals surface area contributed by atoms with E-state index < -0.39 is 0 Å². The van der Waals surface area contributed by atoms with Crippen molar-refractivity contribution < 1.29 is 4.74 Å². The maximum atomic E-state index is 5.92. The summed E-state index contributed by atoms with van der Waals surface area (Å²) in [7, 11) is 0. The zero-order valence-corrected chi connectivity index (χ0v) is 11.8. The average molecular weight is 297 g/mol. The van der Waals surface area contributed by atoms with Crippen LogP contribution in [0.5, 0.6) is 6.01 Å². The second-order valence-corrected chi connectivity index (χ2v) is 5.62. The van der Waals surface area contributed by atoms with Crippen LogP contribution in [0.2, 0.25) is 5.28 Å². The van der Waals surface area contributed by atoms with Crippen molar-refractivity contribution in [1.82, 2.24) is 15.0 Å². The normalized spacial score (nSPS) is 14.9. The molecule has 0 unspecified atom stereocenters. The highest BCUT2D eigenvalue weighted by Gasteiger charge is 2.17. The van der Waals surface area contributed by atoms with Crippen LogP contribution in [-0.2, 0) is 6.61 Å². The fraction of sp³-hybridized carbons (Fsp3) is 0.417. The summed E-state index contributed by atoms with van der Waals surface area (Å²) in [6, 6.07) is 4.28. The first kappa shape index (κ1) is 12.6. The number of hydrogen-bond acceptors (Lipinski definition) is 6. The molecule has 0 radical (unpaired) electrons. The Balaban J connectivity index is 1.73. The van der Waals surface area contributed by atoms with Crippen molar-refractivity contribution in [1.29, 1.82) is 0 Å². The molecule has 0 amide bonds. The molecule has 0 saturated carbocycles. The van der Waals surface area contributed by atoms with E-state index in [-0.39, 0.29) is 11.3 Å². The molecule has 3 rings (SSSR count). The van der Waals surface area contributed by atoms with Crippen LogP contribution < -0.4 is 9.64 Å². The molecular formula is C12H13ClN4OS. The molecule has 0 aromatic carbocycles. The van der Waals surface area contributed by atoms with Gasteiger partial charge in [-0.05, 0) is 35.9 Å². The quantitative estimate of drug-likeness (QED) is 0.868. The molecule has 1 fully saturated rings. The van der Waals surface area contributed by atoms with Crippen LogP contribution in [0.15, 0.2) is 17.5 Å². The highest BCUT2D eigenvalue weighted by molar-refractivity contribution is 7.09. The van der Waals surface area contributed by atoms with E-state index in [1.54, 1.807) is 11.3 Å². The molecule has 1 aliphatic rings. The number of rotatable bonds is 4. The smallest absolute Gasteiger partial charge is 0.322 e. The molecule has 0 atom stereocenters. The van der Waals surface area contributed by atoms with Gasteiger partial charge in [0.15, 0.2) is 0 Å². The number of hydrogen-bond donors (Lipinski definition) is 0. The number of ether oxygens (including phenoxy) is 1. The van der Waals surface area contributed by atoms with E-state index in [4.69, 9.17) is 16.3 Å². The van der Waals surface area contributed by atoms with E-state index in [2.05, 4.69) is 19.9 Å². The van der Waals surface area contributed by atoms with E-state index in [9.17, 15) is 0 Å². The third-order valence-corrected chi connectivity index (χ3v) is 3.91. The maximum absolute atomic E-state index is 5.92. The van der Waals surface area contributed by atoms with Crippen molar-refractivity contribution in [2.75, 3.05) is 18.0 Å². The second kappa shape index (κ2) is 5.71. The van der Waals surface area contributed by atoms with Gasteiger partial charge in [0.1, 0.15) is 6.61 Å². The summed E-state index contributed by atoms with van der Waals surface area (Å²) in [5.41, 5.74) is 0. The van der Waals surface area contributed by atoms with Gasteiger partial charge in [-0.3, -0.25) is 0 Å². The van der Waals surface area contributed by atoms with E-state index in [0.29, 0.717) is 12.6 Å². The summed E-state index contributed by atoms with van der Waals surface area (Å²) < 4.78 is 5.57. The zero-order chi connectivity index (χ0) is 13.1. The summed E-state index contributed by atoms with van der Waals surface area (Å²) in [5.74, 6) is 0.610. The molecule has 0 aliphatic carbocycles. The first-order valence-electron chi connectivity index (χ1n) is 6.13. The predicted octanol–water partition coefficient (Wildman–Crippen LogP) is 2.77. The molecule has 5 nitrogen and oxygen atoms in total. The van der Waals surface area contributed by atoms with Gasteiger partial charge in [-0.1, -0.05) is 6.07 Å². The van der Waals surface area contributed by atoms with E-state index in [1.807, 2.05) is 17.5 Å². The first-order valence-corrected chi connectivity index (χ1v) is 7.39. The minimum atomic E-state index is 0.179. The fourth-order valence-electron chi connectivity index (χ4n) is 1.98. The molecule has 0 N–H and O–H groups in total. The van der Waals surface area contributed by atoms with Crippen LogP contribution in [0, 0.1) is 0 Å². The number of anilines is 1. The Morgan fingerprint density at radius 3 is 2.84 bits per heavy atom. The Kier molecular flexibility index (Phi) is 3.79. The van der Waals surface area contributed by atoms with Crippen molar-refractivity contribution in [2.24, 2.45) is 0 Å². The van der Waals surface area contributed by atoms with Crippen LogP contribution in [0.4, 0.5) is 5.95 Å². The van der Waals surface area contributed by atoms with Gasteiger partial charge in [-0.15, -0.1) is 11.3 Å². The van der Waals surface area contributed by atoms with Gasteiger partial charge in [0.2, 0.25) is 11.2 Å². The monoisotopic (exact) mass is 296 g/mol. The van der Waals surface area contributed by atoms with Crippen LogP contribution in [0.3, 0.4) is 0 Å². The Hall–Kier alpha value is -1.40. The van der Waals surface area contributed by atoms with Gasteiger partial charge >= 0.3 is 6.01 Å². The van der Waals surface area contributed by atoms with Gasteiger partial charge in [-0.25, -0.2) is 0 Å². The Bertz CT molecular complexity index is 543. The Morgan fingerprint density at radius 1 is 1.26 bits per heavy atom. The molecule has 100 valence electrons. The minimum absolute atomic E-state index is 0.179. The zero-order valence-electron chi connectivity index (χ0n) is 10.3. The molecule has 2 aromatic heterocycles. The molecule has 2 aromatic rings. The largest absolute Gasteiger partial charge is 0.458 e. The lowest BCUT2D eigenvalue weighted by Gasteiger charge is -2.15. The molecule has 1 saturated heterocycles. The molecule has 3 heterocycles. The van der Waals surface area contributed by atoms with Crippen molar-refractivity contribution in [3.05, 3.63) is 27.7 Å². The number of thiophene rings is 1. The van der Waals surface area contributed by atoms with Crippen LogP contribution in [0.1, 0.15) is 17.7 Å². The third-order valence-electron chi connectivity index (χ3n) is 2.89. The first-order chi connectivity index (χ1) is 9.31. The SMILES string of the molecule is Clc1nc(OCc2cccs2)nc(N2CCCC2)n1. The molecule has 1 aliphatic heterocycles. The summed E-state index contributed by atoms with van der Waals surface area (Å²) in [6.07, 6.45) is 2.32. The van der Waals surface area contributed by atoms with Crippen LogP contribution >= 0.6 is 22.9 Å². The van der Waals surface area contributed by atoms with Gasteiger partial charge < -0.3 is 9.64 Å². The van der Waals surface area contributed by atoms with Crippen molar-refractivity contribution in [3.63, 3.8) is 0 Å². The predicted molar refractivity (Wildman–Crippen MR) is 74.9 cm³/mol. The standard InChI is InChI=1S/C12H13ClN4OS/c13-10-14-11(17-5-1-2-6-17)16-12(15-10)18-8-9-4-3-7-19-9/h3-4,7H,1-2,5-6,8H2. The van der Waals surface area contributed by atoms with E-state index in [1.165, 1.54) is 0 Å². The lowest BCUT2D eigenvalue weighted by atomic mass is 10.4. The lowest BCUT2D eigenvalue weighted by Crippen LogP contribution is -2.21. The summed E-state index contributed by atoms with van der Waals surface area (Å²) in [4.78, 5) is 15.7. The van der Waals surface area contributed by atoms with E-state index in [0.717, 1.165) is 30.8 Å². The summed E-state index contributed by atoms with van der Waals surface area (Å²) in [5, 5.41) is 2.19. The van der Waals surface area contributed by atoms with Crippen molar-refractivity contribution >= 4 is 28.9 Å². The van der Waals surface area contributed by atoms with Gasteiger partial charge in [0.25, 0.3) is 0 Å².